The van der Waals surface area contributed by atoms with Crippen molar-refractivity contribution in [3.63, 3.8) is 0 Å². The lowest BCUT2D eigenvalue weighted by Crippen LogP contribution is -2.41. The fourth-order valence-electron chi connectivity index (χ4n) is 3.27. The average molecular weight is 337 g/mol. The Labute approximate surface area is 147 Å². The summed E-state index contributed by atoms with van der Waals surface area (Å²) in [6.07, 6.45) is 3.25. The van der Waals surface area contributed by atoms with E-state index >= 15 is 0 Å². The highest BCUT2D eigenvalue weighted by Crippen LogP contribution is 2.29. The first-order valence-corrected chi connectivity index (χ1v) is 8.59. The molecule has 0 saturated carbocycles. The number of carbonyl (C=O) groups is 2. The van der Waals surface area contributed by atoms with Gasteiger partial charge in [0, 0.05) is 17.3 Å². The van der Waals surface area contributed by atoms with Crippen molar-refractivity contribution in [2.75, 3.05) is 5.32 Å². The van der Waals surface area contributed by atoms with Gasteiger partial charge >= 0.3 is 0 Å². The highest BCUT2D eigenvalue weighted by molar-refractivity contribution is 5.96. The van der Waals surface area contributed by atoms with Gasteiger partial charge in [-0.25, -0.2) is 0 Å². The van der Waals surface area contributed by atoms with Crippen molar-refractivity contribution < 1.29 is 9.59 Å². The summed E-state index contributed by atoms with van der Waals surface area (Å²) in [6.45, 7) is 1.87. The van der Waals surface area contributed by atoms with E-state index in [1.165, 1.54) is 11.1 Å². The number of hydrogen-bond donors (Lipinski definition) is 3. The van der Waals surface area contributed by atoms with Crippen LogP contribution < -0.4 is 16.4 Å². The second kappa shape index (κ2) is 7.49. The number of benzene rings is 2. The van der Waals surface area contributed by atoms with Crippen LogP contribution >= 0.6 is 0 Å². The molecule has 1 aliphatic carbocycles. The molecule has 2 atom stereocenters. The molecule has 4 N–H and O–H groups in total. The van der Waals surface area contributed by atoms with E-state index in [1.807, 2.05) is 13.0 Å². The lowest BCUT2D eigenvalue weighted by Gasteiger charge is -2.28. The Balaban J connectivity index is 1.62. The van der Waals surface area contributed by atoms with Gasteiger partial charge in [0.25, 0.3) is 0 Å². The summed E-state index contributed by atoms with van der Waals surface area (Å²) in [6, 6.07) is 14.8. The molecule has 0 aromatic heterocycles. The van der Waals surface area contributed by atoms with E-state index in [0.29, 0.717) is 11.3 Å². The number of amides is 2. The van der Waals surface area contributed by atoms with Crippen molar-refractivity contribution in [3.8, 4) is 0 Å². The molecule has 5 heteroatoms. The molecule has 0 aliphatic heterocycles. The van der Waals surface area contributed by atoms with Gasteiger partial charge in [0.2, 0.25) is 11.8 Å². The number of nitrogens with two attached hydrogens (primary N) is 1. The highest BCUT2D eigenvalue weighted by Gasteiger charge is 2.23. The molecule has 2 aromatic carbocycles. The summed E-state index contributed by atoms with van der Waals surface area (Å²) >= 11 is 0. The molecule has 2 aromatic rings. The lowest BCUT2D eigenvalue weighted by atomic mass is 9.87. The third-order valence-corrected chi connectivity index (χ3v) is 4.65. The van der Waals surface area contributed by atoms with Crippen LogP contribution in [-0.2, 0) is 11.2 Å². The molecule has 2 amide bonds. The molecule has 130 valence electrons. The largest absolute Gasteiger partial charge is 0.366 e. The summed E-state index contributed by atoms with van der Waals surface area (Å²) in [7, 11) is 0. The summed E-state index contributed by atoms with van der Waals surface area (Å²) < 4.78 is 0. The van der Waals surface area contributed by atoms with E-state index in [0.717, 1.165) is 19.3 Å². The summed E-state index contributed by atoms with van der Waals surface area (Å²) in [5, 5.41) is 6.31. The first-order valence-electron chi connectivity index (χ1n) is 8.59. The SMILES string of the molecule is C[C@H](N[C@@H]1CCCc2ccccc21)C(=O)Nc1ccc(C(N)=O)cc1. The van der Waals surface area contributed by atoms with Gasteiger partial charge in [0.1, 0.15) is 0 Å². The molecule has 1 aliphatic rings. The third kappa shape index (κ3) is 4.06. The van der Waals surface area contributed by atoms with Crippen LogP contribution in [-0.4, -0.2) is 17.9 Å². The maximum absolute atomic E-state index is 12.5. The Bertz CT molecular complexity index is 771. The second-order valence-electron chi connectivity index (χ2n) is 6.46. The quantitative estimate of drug-likeness (QED) is 0.784. The van der Waals surface area contributed by atoms with Crippen molar-refractivity contribution in [3.05, 3.63) is 65.2 Å². The highest BCUT2D eigenvalue weighted by atomic mass is 16.2. The van der Waals surface area contributed by atoms with Gasteiger partial charge in [-0.2, -0.15) is 0 Å². The minimum atomic E-state index is -0.483. The number of nitrogens with one attached hydrogen (secondary N) is 2. The monoisotopic (exact) mass is 337 g/mol. The van der Waals surface area contributed by atoms with Gasteiger partial charge in [-0.3, -0.25) is 14.9 Å². The minimum Gasteiger partial charge on any atom is -0.366 e. The van der Waals surface area contributed by atoms with Crippen LogP contribution in [0.4, 0.5) is 5.69 Å². The molecule has 0 unspecified atom stereocenters. The number of fused-ring (bicyclic) bond motifs is 1. The van der Waals surface area contributed by atoms with Crippen LogP contribution in [0.1, 0.15) is 47.3 Å². The van der Waals surface area contributed by atoms with Gasteiger partial charge in [0.15, 0.2) is 0 Å². The van der Waals surface area contributed by atoms with Crippen LogP contribution in [0.2, 0.25) is 0 Å². The van der Waals surface area contributed by atoms with Gasteiger partial charge in [0.05, 0.1) is 6.04 Å². The summed E-state index contributed by atoms with van der Waals surface area (Å²) in [5.41, 5.74) is 8.94. The maximum Gasteiger partial charge on any atom is 0.248 e. The van der Waals surface area contributed by atoms with Crippen LogP contribution in [0, 0.1) is 0 Å². The van der Waals surface area contributed by atoms with Crippen LogP contribution in [0.15, 0.2) is 48.5 Å². The van der Waals surface area contributed by atoms with Crippen molar-refractivity contribution in [1.82, 2.24) is 5.32 Å². The fraction of sp³-hybridized carbons (Fsp3) is 0.300. The third-order valence-electron chi connectivity index (χ3n) is 4.65. The molecule has 0 saturated heterocycles. The lowest BCUT2D eigenvalue weighted by molar-refractivity contribution is -0.118. The van der Waals surface area contributed by atoms with Gasteiger partial charge in [-0.05, 0) is 61.6 Å². The molecule has 0 radical (unpaired) electrons. The van der Waals surface area contributed by atoms with Crippen molar-refractivity contribution in [2.24, 2.45) is 5.73 Å². The fourth-order valence-corrected chi connectivity index (χ4v) is 3.27. The van der Waals surface area contributed by atoms with Gasteiger partial charge in [-0.1, -0.05) is 24.3 Å². The number of aryl methyl sites for hydroxylation is 1. The summed E-state index contributed by atoms with van der Waals surface area (Å²) in [4.78, 5) is 23.5. The predicted molar refractivity (Wildman–Crippen MR) is 98.3 cm³/mol. The standard InChI is InChI=1S/C20H23N3O2/c1-13(20(25)23-16-11-9-15(10-12-16)19(21)24)22-18-8-4-6-14-5-2-3-7-17(14)18/h2-3,5,7,9-13,18,22H,4,6,8H2,1H3,(H2,21,24)(H,23,25)/t13-,18+/m0/s1. The van der Waals surface area contributed by atoms with E-state index < -0.39 is 5.91 Å². The Hall–Kier alpha value is -2.66. The van der Waals surface area contributed by atoms with E-state index in [4.69, 9.17) is 5.73 Å². The first kappa shape index (κ1) is 17.2. The minimum absolute atomic E-state index is 0.102. The smallest absolute Gasteiger partial charge is 0.248 e. The van der Waals surface area contributed by atoms with E-state index in [-0.39, 0.29) is 18.0 Å². The zero-order valence-corrected chi connectivity index (χ0v) is 14.3. The Morgan fingerprint density at radius 3 is 2.56 bits per heavy atom. The first-order chi connectivity index (χ1) is 12.0. The van der Waals surface area contributed by atoms with Crippen molar-refractivity contribution in [2.45, 2.75) is 38.3 Å². The van der Waals surface area contributed by atoms with E-state index in [9.17, 15) is 9.59 Å². The van der Waals surface area contributed by atoms with Crippen molar-refractivity contribution >= 4 is 17.5 Å². The summed E-state index contributed by atoms with van der Waals surface area (Å²) in [5.74, 6) is -0.584. The Morgan fingerprint density at radius 2 is 1.84 bits per heavy atom. The zero-order chi connectivity index (χ0) is 17.8. The number of primary amides is 1. The zero-order valence-electron chi connectivity index (χ0n) is 14.3. The molecule has 3 rings (SSSR count). The molecule has 25 heavy (non-hydrogen) atoms. The number of hydrogen-bond acceptors (Lipinski definition) is 3. The van der Waals surface area contributed by atoms with Crippen LogP contribution in [0.25, 0.3) is 0 Å². The average Bonchev–Trinajstić information content (AvgIpc) is 2.62. The molecule has 0 heterocycles. The number of carbonyl (C=O) groups excluding carboxylic acids is 2. The van der Waals surface area contributed by atoms with Crippen molar-refractivity contribution in [1.29, 1.82) is 0 Å². The molecule has 0 bridgehead atoms. The second-order valence-corrected chi connectivity index (χ2v) is 6.46. The molecule has 0 spiro atoms. The van der Waals surface area contributed by atoms with Crippen LogP contribution in [0.5, 0.6) is 0 Å². The predicted octanol–water partition coefficient (Wildman–Crippen LogP) is 2.78. The Kier molecular flexibility index (Phi) is 5.14. The molecule has 5 nitrogen and oxygen atoms in total. The maximum atomic E-state index is 12.5. The van der Waals surface area contributed by atoms with Gasteiger partial charge < -0.3 is 11.1 Å². The topological polar surface area (TPSA) is 84.2 Å². The van der Waals surface area contributed by atoms with E-state index in [2.05, 4.69) is 28.8 Å². The number of anilines is 1. The molecular formula is C20H23N3O2. The van der Waals surface area contributed by atoms with E-state index in [1.54, 1.807) is 24.3 Å². The molecular weight excluding hydrogens is 314 g/mol. The molecule has 0 fully saturated rings. The van der Waals surface area contributed by atoms with Crippen LogP contribution in [0.3, 0.4) is 0 Å². The number of rotatable bonds is 5. The Morgan fingerprint density at radius 1 is 1.12 bits per heavy atom. The normalized spacial score (nSPS) is 17.4. The van der Waals surface area contributed by atoms with Gasteiger partial charge in [-0.15, -0.1) is 0 Å².